The molecular formula is C25H33ClF3N5O4S. The molecule has 2 aromatic carbocycles. The molecule has 0 bridgehead atoms. The Morgan fingerprint density at radius 3 is 2.18 bits per heavy atom. The van der Waals surface area contributed by atoms with E-state index in [4.69, 9.17) is 11.6 Å². The molecule has 14 heteroatoms. The van der Waals surface area contributed by atoms with Gasteiger partial charge in [-0.15, -0.1) is 0 Å². The summed E-state index contributed by atoms with van der Waals surface area (Å²) in [7, 11) is -3.48. The van der Waals surface area contributed by atoms with Crippen LogP contribution in [0.5, 0.6) is 0 Å². The largest absolute Gasteiger partial charge is 0.423 e. The summed E-state index contributed by atoms with van der Waals surface area (Å²) in [6.07, 6.45) is -4.03. The van der Waals surface area contributed by atoms with Gasteiger partial charge in [-0.1, -0.05) is 19.0 Å². The van der Waals surface area contributed by atoms with Crippen LogP contribution >= 0.6 is 11.6 Å². The van der Waals surface area contributed by atoms with Gasteiger partial charge >= 0.3 is 6.18 Å². The molecule has 2 saturated heterocycles. The number of hydrogen-bond donors (Lipinski definition) is 1. The van der Waals surface area contributed by atoms with Crippen molar-refractivity contribution >= 4 is 38.7 Å². The molecule has 2 aliphatic rings. The van der Waals surface area contributed by atoms with E-state index in [1.807, 2.05) is 24.3 Å². The average molecular weight is 592 g/mol. The van der Waals surface area contributed by atoms with Crippen LogP contribution in [0.3, 0.4) is 0 Å². The van der Waals surface area contributed by atoms with E-state index >= 15 is 0 Å². The molecule has 0 saturated carbocycles. The number of piperazine rings is 1. The second-order valence-corrected chi connectivity index (χ2v) is 12.0. The van der Waals surface area contributed by atoms with E-state index in [9.17, 15) is 31.7 Å². The maximum atomic E-state index is 13.3. The summed E-state index contributed by atoms with van der Waals surface area (Å²) >= 11 is 5.95. The first kappa shape index (κ1) is 30.9. The second kappa shape index (κ2) is 12.7. The molecule has 0 radical (unpaired) electrons. The number of nitrogens with one attached hydrogen (secondary N) is 1. The van der Waals surface area contributed by atoms with Gasteiger partial charge in [0.05, 0.1) is 10.7 Å². The van der Waals surface area contributed by atoms with Crippen LogP contribution in [-0.4, -0.2) is 80.2 Å². The third-order valence-corrected chi connectivity index (χ3v) is 9.05. The number of nitrogens with zero attached hydrogens (tertiary/aromatic N) is 4. The fraction of sp³-hybridized carbons (Fsp3) is 0.520. The lowest BCUT2D eigenvalue weighted by Crippen LogP contribution is -2.49. The zero-order valence-electron chi connectivity index (χ0n) is 20.5. The van der Waals surface area contributed by atoms with Gasteiger partial charge in [0.2, 0.25) is 10.0 Å². The fourth-order valence-corrected chi connectivity index (χ4v) is 6.42. The molecule has 2 heterocycles. The average Bonchev–Trinajstić information content (AvgIpc) is 2.88. The van der Waals surface area contributed by atoms with Gasteiger partial charge < -0.3 is 10.2 Å². The van der Waals surface area contributed by atoms with Crippen molar-refractivity contribution in [2.75, 3.05) is 61.8 Å². The number of rotatable bonds is 8. The quantitative estimate of drug-likeness (QED) is 0.343. The Kier molecular flexibility index (Phi) is 10.1. The lowest BCUT2D eigenvalue weighted by Gasteiger charge is -2.37. The molecule has 0 atom stereocenters. The summed E-state index contributed by atoms with van der Waals surface area (Å²) < 4.78 is 67.1. The zero-order chi connectivity index (χ0) is 27.5. The summed E-state index contributed by atoms with van der Waals surface area (Å²) in [5.74, 6) is 0.00331. The van der Waals surface area contributed by atoms with E-state index in [0.29, 0.717) is 24.4 Å². The molecule has 9 nitrogen and oxygen atoms in total. The molecule has 0 aliphatic carbocycles. The lowest BCUT2D eigenvalue weighted by atomic mass is 10.1. The Balaban J connectivity index is 0.00000420. The van der Waals surface area contributed by atoms with E-state index < -0.39 is 32.4 Å². The third kappa shape index (κ3) is 7.96. The monoisotopic (exact) mass is 591 g/mol. The molecule has 0 aromatic heterocycles. The minimum absolute atomic E-state index is 0. The summed E-state index contributed by atoms with van der Waals surface area (Å²) in [5.41, 5.74) is -1.12. The Morgan fingerprint density at radius 1 is 1.00 bits per heavy atom. The number of sulfonamides is 1. The van der Waals surface area contributed by atoms with E-state index in [0.717, 1.165) is 44.0 Å². The maximum absolute atomic E-state index is 13.3. The highest BCUT2D eigenvalue weighted by Crippen LogP contribution is 2.38. The molecular weight excluding hydrogens is 559 g/mol. The Labute approximate surface area is 231 Å². The molecule has 4 rings (SSSR count). The summed E-state index contributed by atoms with van der Waals surface area (Å²) in [6, 6.07) is 10.2. The SMILES string of the molecule is C.O=[N+]([O-])c1ccc(NC2CCN(S(=O)(=O)CCN3CCN(c4ccc(Cl)cc4)CC3)CC2)cc1C(F)(F)F. The van der Waals surface area contributed by atoms with Crippen LogP contribution in [-0.2, 0) is 16.2 Å². The number of nitro groups is 1. The van der Waals surface area contributed by atoms with Gasteiger partial charge in [0.25, 0.3) is 5.69 Å². The fourth-order valence-electron chi connectivity index (χ4n) is 4.78. The second-order valence-electron chi connectivity index (χ2n) is 9.43. The number of anilines is 2. The first-order valence-electron chi connectivity index (χ1n) is 12.3. The van der Waals surface area contributed by atoms with Gasteiger partial charge in [-0.2, -0.15) is 13.2 Å². The van der Waals surface area contributed by atoms with Gasteiger partial charge in [0.1, 0.15) is 5.56 Å². The predicted octanol–water partition coefficient (Wildman–Crippen LogP) is 4.93. The van der Waals surface area contributed by atoms with Crippen LogP contribution in [0.15, 0.2) is 42.5 Å². The van der Waals surface area contributed by atoms with Crippen LogP contribution in [0.25, 0.3) is 0 Å². The first-order valence-corrected chi connectivity index (χ1v) is 14.2. The minimum Gasteiger partial charge on any atom is -0.382 e. The van der Waals surface area contributed by atoms with Crippen LogP contribution in [0, 0.1) is 10.1 Å². The van der Waals surface area contributed by atoms with Crippen LogP contribution < -0.4 is 10.2 Å². The maximum Gasteiger partial charge on any atom is 0.423 e. The number of hydrogen-bond acceptors (Lipinski definition) is 7. The molecule has 0 spiro atoms. The van der Waals surface area contributed by atoms with Crippen molar-refractivity contribution in [2.45, 2.75) is 32.5 Å². The summed E-state index contributed by atoms with van der Waals surface area (Å²) in [4.78, 5) is 14.3. The number of halogens is 4. The van der Waals surface area contributed by atoms with Crippen molar-refractivity contribution in [3.8, 4) is 0 Å². The van der Waals surface area contributed by atoms with Gasteiger partial charge in [-0.05, 0) is 49.2 Å². The lowest BCUT2D eigenvalue weighted by molar-refractivity contribution is -0.388. The molecule has 2 aromatic rings. The van der Waals surface area contributed by atoms with Gasteiger partial charge in [0, 0.05) is 74.3 Å². The number of piperidine rings is 1. The number of benzene rings is 2. The molecule has 216 valence electrons. The summed E-state index contributed by atoms with van der Waals surface area (Å²) in [5, 5.41) is 14.6. The molecule has 1 N–H and O–H groups in total. The van der Waals surface area contributed by atoms with Crippen molar-refractivity contribution in [1.29, 1.82) is 0 Å². The molecule has 2 aliphatic heterocycles. The smallest absolute Gasteiger partial charge is 0.382 e. The molecule has 39 heavy (non-hydrogen) atoms. The summed E-state index contributed by atoms with van der Waals surface area (Å²) in [6.45, 7) is 4.01. The third-order valence-electron chi connectivity index (χ3n) is 6.95. The molecule has 0 amide bonds. The zero-order valence-corrected chi connectivity index (χ0v) is 22.1. The Hall–Kier alpha value is -2.61. The van der Waals surface area contributed by atoms with E-state index in [1.165, 1.54) is 10.4 Å². The van der Waals surface area contributed by atoms with Crippen molar-refractivity contribution in [2.24, 2.45) is 0 Å². The van der Waals surface area contributed by atoms with E-state index in [2.05, 4.69) is 15.1 Å². The Morgan fingerprint density at radius 2 is 1.62 bits per heavy atom. The highest BCUT2D eigenvalue weighted by atomic mass is 35.5. The van der Waals surface area contributed by atoms with Gasteiger partial charge in [-0.3, -0.25) is 15.0 Å². The highest BCUT2D eigenvalue weighted by molar-refractivity contribution is 7.89. The Bertz CT molecular complexity index is 1230. The van der Waals surface area contributed by atoms with Crippen LogP contribution in [0.1, 0.15) is 25.8 Å². The van der Waals surface area contributed by atoms with Crippen molar-refractivity contribution in [3.63, 3.8) is 0 Å². The van der Waals surface area contributed by atoms with E-state index in [-0.39, 0.29) is 38.0 Å². The van der Waals surface area contributed by atoms with Gasteiger partial charge in [0.15, 0.2) is 0 Å². The van der Waals surface area contributed by atoms with E-state index in [1.54, 1.807) is 0 Å². The van der Waals surface area contributed by atoms with Crippen LogP contribution in [0.4, 0.5) is 30.2 Å². The number of nitro benzene ring substituents is 1. The van der Waals surface area contributed by atoms with Crippen LogP contribution in [0.2, 0.25) is 5.02 Å². The normalized spacial score (nSPS) is 18.0. The van der Waals surface area contributed by atoms with Gasteiger partial charge in [-0.25, -0.2) is 12.7 Å². The number of alkyl halides is 3. The van der Waals surface area contributed by atoms with Crippen molar-refractivity contribution in [1.82, 2.24) is 9.21 Å². The topological polar surface area (TPSA) is 99.0 Å². The standard InChI is InChI=1S/C24H29ClF3N5O4S.CH4/c25-18-1-4-21(5-2-18)31-13-11-30(12-14-31)15-16-38(36,37)32-9-7-19(8-10-32)29-20-3-6-23(33(34)35)22(17-20)24(26,27)28;/h1-6,17,19,29H,7-16H2;1H4. The molecule has 2 fully saturated rings. The minimum atomic E-state index is -4.86. The van der Waals surface area contributed by atoms with Crippen molar-refractivity contribution in [3.05, 3.63) is 63.2 Å². The molecule has 0 unspecified atom stereocenters. The highest BCUT2D eigenvalue weighted by Gasteiger charge is 2.38. The van der Waals surface area contributed by atoms with Crippen molar-refractivity contribution < 1.29 is 26.5 Å². The first-order chi connectivity index (χ1) is 17.9. The predicted molar refractivity (Wildman–Crippen MR) is 147 cm³/mol.